The lowest BCUT2D eigenvalue weighted by molar-refractivity contribution is -0.119. The number of hydrogen-bond acceptors (Lipinski definition) is 3. The average molecular weight is 211 g/mol. The molecule has 0 aromatic rings. The SMILES string of the molecule is CCCNC(=O)CNC1=NCCCCC1. The van der Waals surface area contributed by atoms with Gasteiger partial charge in [-0.25, -0.2) is 0 Å². The first-order chi connectivity index (χ1) is 7.33. The number of carbonyl (C=O) groups excluding carboxylic acids is 1. The van der Waals surface area contributed by atoms with E-state index in [1.807, 2.05) is 6.92 Å². The van der Waals surface area contributed by atoms with E-state index in [1.165, 1.54) is 19.3 Å². The van der Waals surface area contributed by atoms with Crippen LogP contribution in [-0.2, 0) is 4.79 Å². The minimum atomic E-state index is 0.0591. The van der Waals surface area contributed by atoms with Crippen molar-refractivity contribution in [1.29, 1.82) is 0 Å². The first-order valence-corrected chi connectivity index (χ1v) is 5.87. The smallest absolute Gasteiger partial charge is 0.239 e. The predicted molar refractivity (Wildman–Crippen MR) is 62.1 cm³/mol. The van der Waals surface area contributed by atoms with Gasteiger partial charge in [0.05, 0.1) is 12.4 Å². The Morgan fingerprint density at radius 3 is 3.07 bits per heavy atom. The van der Waals surface area contributed by atoms with Crippen LogP contribution in [0.4, 0.5) is 0 Å². The van der Waals surface area contributed by atoms with Crippen molar-refractivity contribution < 1.29 is 4.79 Å². The fourth-order valence-corrected chi connectivity index (χ4v) is 1.53. The van der Waals surface area contributed by atoms with Crippen LogP contribution in [0.2, 0.25) is 0 Å². The van der Waals surface area contributed by atoms with Crippen molar-refractivity contribution in [2.24, 2.45) is 4.99 Å². The number of nitrogens with zero attached hydrogens (tertiary/aromatic N) is 1. The van der Waals surface area contributed by atoms with E-state index in [2.05, 4.69) is 15.6 Å². The molecule has 86 valence electrons. The van der Waals surface area contributed by atoms with Gasteiger partial charge in [0.15, 0.2) is 0 Å². The Balaban J connectivity index is 2.17. The van der Waals surface area contributed by atoms with Gasteiger partial charge in [-0.05, 0) is 19.3 Å². The van der Waals surface area contributed by atoms with Crippen LogP contribution in [0.1, 0.15) is 39.0 Å². The van der Waals surface area contributed by atoms with Crippen molar-refractivity contribution in [2.75, 3.05) is 19.6 Å². The topological polar surface area (TPSA) is 53.5 Å². The van der Waals surface area contributed by atoms with E-state index in [0.717, 1.165) is 31.8 Å². The Morgan fingerprint density at radius 2 is 2.27 bits per heavy atom. The van der Waals surface area contributed by atoms with Crippen LogP contribution >= 0.6 is 0 Å². The number of aliphatic imine (C=N–C) groups is 1. The quantitative estimate of drug-likeness (QED) is 0.731. The summed E-state index contributed by atoms with van der Waals surface area (Å²) in [5.74, 6) is 1.06. The number of amides is 1. The molecule has 15 heavy (non-hydrogen) atoms. The number of hydrogen-bond donors (Lipinski definition) is 2. The van der Waals surface area contributed by atoms with Crippen LogP contribution in [0.25, 0.3) is 0 Å². The standard InChI is InChI=1S/C11H21N3O/c1-2-7-13-11(15)9-14-10-6-4-3-5-8-12-10/h2-9H2,1H3,(H,12,14)(H,13,15). The van der Waals surface area contributed by atoms with Crippen LogP contribution in [0, 0.1) is 0 Å². The van der Waals surface area contributed by atoms with Crippen molar-refractivity contribution in [2.45, 2.75) is 39.0 Å². The third-order valence-electron chi connectivity index (χ3n) is 2.40. The molecule has 0 aliphatic carbocycles. The van der Waals surface area contributed by atoms with Crippen molar-refractivity contribution in [3.63, 3.8) is 0 Å². The second-order valence-corrected chi connectivity index (χ2v) is 3.84. The molecule has 1 amide bonds. The van der Waals surface area contributed by atoms with Crippen LogP contribution in [0.5, 0.6) is 0 Å². The number of rotatable bonds is 4. The van der Waals surface area contributed by atoms with E-state index in [9.17, 15) is 4.79 Å². The fraction of sp³-hybridized carbons (Fsp3) is 0.818. The Bertz CT molecular complexity index is 226. The van der Waals surface area contributed by atoms with Gasteiger partial charge < -0.3 is 10.6 Å². The maximum Gasteiger partial charge on any atom is 0.239 e. The van der Waals surface area contributed by atoms with E-state index in [0.29, 0.717) is 6.54 Å². The summed E-state index contributed by atoms with van der Waals surface area (Å²) in [5, 5.41) is 5.94. The molecule has 0 radical (unpaired) electrons. The maximum atomic E-state index is 11.3. The predicted octanol–water partition coefficient (Wildman–Crippen LogP) is 1.07. The molecule has 1 aliphatic heterocycles. The molecule has 1 rings (SSSR count). The van der Waals surface area contributed by atoms with E-state index < -0.39 is 0 Å². The van der Waals surface area contributed by atoms with Gasteiger partial charge in [-0.3, -0.25) is 9.79 Å². The number of amidine groups is 1. The van der Waals surface area contributed by atoms with Gasteiger partial charge in [-0.1, -0.05) is 13.3 Å². The lowest BCUT2D eigenvalue weighted by atomic mass is 10.2. The minimum absolute atomic E-state index is 0.0591. The molecule has 2 N–H and O–H groups in total. The zero-order valence-corrected chi connectivity index (χ0v) is 9.51. The highest BCUT2D eigenvalue weighted by atomic mass is 16.1. The Hall–Kier alpha value is -1.06. The number of carbonyl (C=O) groups is 1. The zero-order chi connectivity index (χ0) is 10.9. The van der Waals surface area contributed by atoms with E-state index >= 15 is 0 Å². The fourth-order valence-electron chi connectivity index (χ4n) is 1.53. The summed E-state index contributed by atoms with van der Waals surface area (Å²) in [6.45, 7) is 4.06. The molecule has 0 saturated carbocycles. The van der Waals surface area contributed by atoms with Crippen molar-refractivity contribution >= 4 is 11.7 Å². The Morgan fingerprint density at radius 1 is 1.40 bits per heavy atom. The molecule has 0 spiro atoms. The van der Waals surface area contributed by atoms with Crippen molar-refractivity contribution in [3.05, 3.63) is 0 Å². The summed E-state index contributed by atoms with van der Waals surface area (Å²) < 4.78 is 0. The molecule has 1 heterocycles. The summed E-state index contributed by atoms with van der Waals surface area (Å²) >= 11 is 0. The molecule has 0 unspecified atom stereocenters. The van der Waals surface area contributed by atoms with Gasteiger partial charge >= 0.3 is 0 Å². The zero-order valence-electron chi connectivity index (χ0n) is 9.51. The minimum Gasteiger partial charge on any atom is -0.365 e. The third kappa shape index (κ3) is 5.40. The highest BCUT2D eigenvalue weighted by Gasteiger charge is 2.05. The van der Waals surface area contributed by atoms with Crippen LogP contribution in [0.15, 0.2) is 4.99 Å². The molecule has 0 bridgehead atoms. The normalized spacial score (nSPS) is 16.5. The largest absolute Gasteiger partial charge is 0.365 e. The molecule has 0 aromatic heterocycles. The summed E-state index contributed by atoms with van der Waals surface area (Å²) in [6.07, 6.45) is 5.57. The molecule has 4 nitrogen and oxygen atoms in total. The van der Waals surface area contributed by atoms with Gasteiger partial charge in [0, 0.05) is 19.5 Å². The lowest BCUT2D eigenvalue weighted by Gasteiger charge is -2.08. The number of nitrogens with one attached hydrogen (secondary N) is 2. The summed E-state index contributed by atoms with van der Waals surface area (Å²) in [6, 6.07) is 0. The van der Waals surface area contributed by atoms with Gasteiger partial charge in [0.1, 0.15) is 0 Å². The summed E-state index contributed by atoms with van der Waals surface area (Å²) in [4.78, 5) is 15.7. The van der Waals surface area contributed by atoms with E-state index in [1.54, 1.807) is 0 Å². The van der Waals surface area contributed by atoms with Crippen molar-refractivity contribution in [3.8, 4) is 0 Å². The van der Waals surface area contributed by atoms with Crippen LogP contribution in [-0.4, -0.2) is 31.4 Å². The molecule has 0 fully saturated rings. The van der Waals surface area contributed by atoms with Crippen LogP contribution in [0.3, 0.4) is 0 Å². The first kappa shape index (κ1) is 12.0. The van der Waals surface area contributed by atoms with E-state index in [-0.39, 0.29) is 5.91 Å². The maximum absolute atomic E-state index is 11.3. The first-order valence-electron chi connectivity index (χ1n) is 5.87. The monoisotopic (exact) mass is 211 g/mol. The molecular weight excluding hydrogens is 190 g/mol. The molecule has 4 heteroatoms. The molecular formula is C11H21N3O. The lowest BCUT2D eigenvalue weighted by Crippen LogP contribution is -2.37. The van der Waals surface area contributed by atoms with Gasteiger partial charge in [-0.15, -0.1) is 0 Å². The summed E-state index contributed by atoms with van der Waals surface area (Å²) in [5.41, 5.74) is 0. The second kappa shape index (κ2) is 7.26. The Labute approximate surface area is 91.5 Å². The van der Waals surface area contributed by atoms with Gasteiger partial charge in [-0.2, -0.15) is 0 Å². The molecule has 0 atom stereocenters. The van der Waals surface area contributed by atoms with E-state index in [4.69, 9.17) is 0 Å². The molecule has 0 aromatic carbocycles. The van der Waals surface area contributed by atoms with Crippen molar-refractivity contribution in [1.82, 2.24) is 10.6 Å². The summed E-state index contributed by atoms with van der Waals surface area (Å²) in [7, 11) is 0. The molecule has 0 saturated heterocycles. The second-order valence-electron chi connectivity index (χ2n) is 3.84. The van der Waals surface area contributed by atoms with Gasteiger partial charge in [0.25, 0.3) is 0 Å². The molecule has 1 aliphatic rings. The highest BCUT2D eigenvalue weighted by molar-refractivity contribution is 5.87. The highest BCUT2D eigenvalue weighted by Crippen LogP contribution is 2.05. The third-order valence-corrected chi connectivity index (χ3v) is 2.40. The average Bonchev–Trinajstić information content (AvgIpc) is 2.51. The Kier molecular flexibility index (Phi) is 5.81. The van der Waals surface area contributed by atoms with Crippen LogP contribution < -0.4 is 10.6 Å². The van der Waals surface area contributed by atoms with Gasteiger partial charge in [0.2, 0.25) is 5.91 Å².